The topological polar surface area (TPSA) is 58.1 Å². The number of hydrogen-bond acceptors (Lipinski definition) is 5. The van der Waals surface area contributed by atoms with Crippen LogP contribution in [0.15, 0.2) is 18.3 Å². The number of aromatic nitrogens is 2. The third-order valence-electron chi connectivity index (χ3n) is 4.56. The summed E-state index contributed by atoms with van der Waals surface area (Å²) in [4.78, 5) is 24.6. The molecule has 0 spiro atoms. The molecule has 2 aromatic rings. The van der Waals surface area contributed by atoms with Crippen LogP contribution in [0.1, 0.15) is 46.8 Å². The molecule has 1 fully saturated rings. The van der Waals surface area contributed by atoms with Crippen molar-refractivity contribution in [3.63, 3.8) is 0 Å². The van der Waals surface area contributed by atoms with E-state index in [0.717, 1.165) is 40.0 Å². The average Bonchev–Trinajstić information content (AvgIpc) is 2.81. The van der Waals surface area contributed by atoms with Crippen molar-refractivity contribution in [3.05, 3.63) is 39.5 Å². The summed E-state index contributed by atoms with van der Waals surface area (Å²) in [6.45, 7) is 6.67. The standard InChI is InChI=1S/C19H26N4OS/c1-14-17(22-15(2)25-14)12-19(24)21-13-16-7-8-20-18(11-16)23-9-5-3-4-6-10-23/h7-8,11H,3-6,9-10,12-13H2,1-2H3,(H,21,24). The van der Waals surface area contributed by atoms with E-state index in [1.165, 1.54) is 25.7 Å². The highest BCUT2D eigenvalue weighted by Gasteiger charge is 2.13. The Bertz CT molecular complexity index is 720. The van der Waals surface area contributed by atoms with Gasteiger partial charge in [0.15, 0.2) is 0 Å². The van der Waals surface area contributed by atoms with Crippen LogP contribution in [0.5, 0.6) is 0 Å². The summed E-state index contributed by atoms with van der Waals surface area (Å²) in [5.74, 6) is 1.04. The number of aryl methyl sites for hydroxylation is 2. The molecular formula is C19H26N4OS. The summed E-state index contributed by atoms with van der Waals surface area (Å²) in [7, 11) is 0. The van der Waals surface area contributed by atoms with Gasteiger partial charge in [0.25, 0.3) is 0 Å². The van der Waals surface area contributed by atoms with Gasteiger partial charge in [-0.2, -0.15) is 0 Å². The lowest BCUT2D eigenvalue weighted by molar-refractivity contribution is -0.120. The van der Waals surface area contributed by atoms with Gasteiger partial charge < -0.3 is 10.2 Å². The molecule has 5 nitrogen and oxygen atoms in total. The summed E-state index contributed by atoms with van der Waals surface area (Å²) in [6.07, 6.45) is 7.27. The SMILES string of the molecule is Cc1nc(CC(=O)NCc2ccnc(N3CCCCCC3)c2)c(C)s1. The second kappa shape index (κ2) is 8.43. The lowest BCUT2D eigenvalue weighted by Crippen LogP contribution is -2.26. The van der Waals surface area contributed by atoms with Crippen LogP contribution in [-0.2, 0) is 17.8 Å². The molecule has 3 rings (SSSR count). The van der Waals surface area contributed by atoms with Gasteiger partial charge in [0.05, 0.1) is 17.1 Å². The van der Waals surface area contributed by atoms with E-state index in [2.05, 4.69) is 26.3 Å². The molecule has 25 heavy (non-hydrogen) atoms. The molecule has 0 radical (unpaired) electrons. The molecule has 0 atom stereocenters. The summed E-state index contributed by atoms with van der Waals surface area (Å²) >= 11 is 1.64. The van der Waals surface area contributed by atoms with Crippen LogP contribution in [0.4, 0.5) is 5.82 Å². The molecule has 0 bridgehead atoms. The molecular weight excluding hydrogens is 332 g/mol. The molecule has 0 unspecified atom stereocenters. The molecule has 0 aromatic carbocycles. The largest absolute Gasteiger partial charge is 0.357 e. The van der Waals surface area contributed by atoms with Gasteiger partial charge in [-0.05, 0) is 44.4 Å². The summed E-state index contributed by atoms with van der Waals surface area (Å²) < 4.78 is 0. The summed E-state index contributed by atoms with van der Waals surface area (Å²) in [5, 5.41) is 4.02. The average molecular weight is 359 g/mol. The number of rotatable bonds is 5. The highest BCUT2D eigenvalue weighted by Crippen LogP contribution is 2.19. The molecule has 1 aliphatic rings. The van der Waals surface area contributed by atoms with Crippen molar-refractivity contribution in [2.75, 3.05) is 18.0 Å². The first-order valence-electron chi connectivity index (χ1n) is 9.01. The Balaban J connectivity index is 1.56. The predicted molar refractivity (Wildman–Crippen MR) is 102 cm³/mol. The molecule has 1 saturated heterocycles. The summed E-state index contributed by atoms with van der Waals surface area (Å²) in [6, 6.07) is 4.07. The van der Waals surface area contributed by atoms with Gasteiger partial charge in [0.2, 0.25) is 5.91 Å². The van der Waals surface area contributed by atoms with Gasteiger partial charge >= 0.3 is 0 Å². The Labute approximate surface area is 153 Å². The maximum atomic E-state index is 12.2. The lowest BCUT2D eigenvalue weighted by Gasteiger charge is -2.21. The molecule has 3 heterocycles. The number of carbonyl (C=O) groups is 1. The molecule has 134 valence electrons. The van der Waals surface area contributed by atoms with Gasteiger partial charge in [0.1, 0.15) is 5.82 Å². The fourth-order valence-corrected chi connectivity index (χ4v) is 4.03. The van der Waals surface area contributed by atoms with Crippen molar-refractivity contribution >= 4 is 23.1 Å². The molecule has 2 aromatic heterocycles. The smallest absolute Gasteiger partial charge is 0.226 e. The first-order chi connectivity index (χ1) is 12.1. The molecule has 1 amide bonds. The minimum Gasteiger partial charge on any atom is -0.357 e. The zero-order chi connectivity index (χ0) is 17.6. The van der Waals surface area contributed by atoms with Gasteiger partial charge in [0, 0.05) is 30.7 Å². The Hall–Kier alpha value is -1.95. The highest BCUT2D eigenvalue weighted by molar-refractivity contribution is 7.11. The van der Waals surface area contributed by atoms with Crippen molar-refractivity contribution in [3.8, 4) is 0 Å². The normalized spacial score (nSPS) is 15.0. The van der Waals surface area contributed by atoms with E-state index < -0.39 is 0 Å². The van der Waals surface area contributed by atoms with Crippen LogP contribution >= 0.6 is 11.3 Å². The number of amides is 1. The van der Waals surface area contributed by atoms with Crippen molar-refractivity contribution < 1.29 is 4.79 Å². The first kappa shape index (κ1) is 17.9. The minimum absolute atomic E-state index is 0.0153. The Morgan fingerprint density at radius 2 is 2.00 bits per heavy atom. The number of anilines is 1. The number of nitrogens with one attached hydrogen (secondary N) is 1. The second-order valence-corrected chi connectivity index (χ2v) is 8.02. The number of pyridine rings is 1. The van der Waals surface area contributed by atoms with Crippen LogP contribution in [-0.4, -0.2) is 29.0 Å². The van der Waals surface area contributed by atoms with Crippen molar-refractivity contribution in [2.45, 2.75) is 52.5 Å². The zero-order valence-electron chi connectivity index (χ0n) is 15.0. The Morgan fingerprint density at radius 3 is 2.68 bits per heavy atom. The van der Waals surface area contributed by atoms with Crippen LogP contribution in [0.3, 0.4) is 0 Å². The lowest BCUT2D eigenvalue weighted by atomic mass is 10.2. The predicted octanol–water partition coefficient (Wildman–Crippen LogP) is 3.39. The fourth-order valence-electron chi connectivity index (χ4n) is 3.19. The second-order valence-electron chi connectivity index (χ2n) is 6.61. The van der Waals surface area contributed by atoms with Crippen molar-refractivity contribution in [1.82, 2.24) is 15.3 Å². The quantitative estimate of drug-likeness (QED) is 0.890. The molecule has 6 heteroatoms. The Kier molecular flexibility index (Phi) is 6.02. The number of hydrogen-bond donors (Lipinski definition) is 1. The number of nitrogens with zero attached hydrogens (tertiary/aromatic N) is 3. The summed E-state index contributed by atoms with van der Waals surface area (Å²) in [5.41, 5.74) is 1.98. The van der Waals surface area contributed by atoms with Crippen molar-refractivity contribution in [1.29, 1.82) is 0 Å². The maximum absolute atomic E-state index is 12.2. The fraction of sp³-hybridized carbons (Fsp3) is 0.526. The molecule has 0 aliphatic carbocycles. The van der Waals surface area contributed by atoms with E-state index in [4.69, 9.17) is 0 Å². The van der Waals surface area contributed by atoms with Gasteiger partial charge in [-0.1, -0.05) is 12.8 Å². The van der Waals surface area contributed by atoms with E-state index in [1.807, 2.05) is 26.1 Å². The van der Waals surface area contributed by atoms with Gasteiger partial charge in [-0.15, -0.1) is 11.3 Å². The van der Waals surface area contributed by atoms with Crippen LogP contribution in [0, 0.1) is 13.8 Å². The van der Waals surface area contributed by atoms with Gasteiger partial charge in [-0.3, -0.25) is 4.79 Å². The third-order valence-corrected chi connectivity index (χ3v) is 5.49. The molecule has 1 N–H and O–H groups in total. The Morgan fingerprint density at radius 1 is 1.24 bits per heavy atom. The molecule has 0 saturated carbocycles. The monoisotopic (exact) mass is 358 g/mol. The molecule has 1 aliphatic heterocycles. The number of thiazole rings is 1. The third kappa shape index (κ3) is 5.01. The highest BCUT2D eigenvalue weighted by atomic mass is 32.1. The number of carbonyl (C=O) groups excluding carboxylic acids is 1. The van der Waals surface area contributed by atoms with E-state index >= 15 is 0 Å². The van der Waals surface area contributed by atoms with E-state index in [0.29, 0.717) is 13.0 Å². The van der Waals surface area contributed by atoms with Gasteiger partial charge in [-0.25, -0.2) is 9.97 Å². The van der Waals surface area contributed by atoms with E-state index in [9.17, 15) is 4.79 Å². The maximum Gasteiger partial charge on any atom is 0.226 e. The zero-order valence-corrected chi connectivity index (χ0v) is 15.9. The van der Waals surface area contributed by atoms with Crippen LogP contribution in [0.25, 0.3) is 0 Å². The first-order valence-corrected chi connectivity index (χ1v) is 9.83. The van der Waals surface area contributed by atoms with Crippen molar-refractivity contribution in [2.24, 2.45) is 0 Å². The van der Waals surface area contributed by atoms with E-state index in [1.54, 1.807) is 11.3 Å². The van der Waals surface area contributed by atoms with E-state index in [-0.39, 0.29) is 5.91 Å². The van der Waals surface area contributed by atoms with Crippen LogP contribution < -0.4 is 10.2 Å². The minimum atomic E-state index is 0.0153. The van der Waals surface area contributed by atoms with Crippen LogP contribution in [0.2, 0.25) is 0 Å².